The number of aliphatic hydroxyl groups excluding tert-OH is 1. The minimum atomic E-state index is -0.705. The second-order valence-electron chi connectivity index (χ2n) is 6.95. The molecule has 1 fully saturated rings. The lowest BCUT2D eigenvalue weighted by Crippen LogP contribution is -2.50. The molecule has 2 rings (SSSR count). The Bertz CT molecular complexity index is 571. The first-order valence-corrected chi connectivity index (χ1v) is 8.13. The van der Waals surface area contributed by atoms with Gasteiger partial charge in [0, 0.05) is 31.0 Å². The van der Waals surface area contributed by atoms with Crippen molar-refractivity contribution in [3.05, 3.63) is 30.1 Å². The molecule has 0 spiro atoms. The highest BCUT2D eigenvalue weighted by atomic mass is 16.6. The smallest absolute Gasteiger partial charge is 0.410 e. The highest BCUT2D eigenvalue weighted by molar-refractivity contribution is 5.94. The predicted octanol–water partition coefficient (Wildman–Crippen LogP) is 1.57. The Hall–Kier alpha value is -2.15. The van der Waals surface area contributed by atoms with Crippen LogP contribution in [0.1, 0.15) is 44.0 Å². The third-order valence-electron chi connectivity index (χ3n) is 3.72. The number of hydrogen-bond acceptors (Lipinski definition) is 5. The van der Waals surface area contributed by atoms with Crippen molar-refractivity contribution in [3.63, 3.8) is 0 Å². The fraction of sp³-hybridized carbons (Fsp3) is 0.588. The van der Waals surface area contributed by atoms with Crippen molar-refractivity contribution < 1.29 is 19.4 Å². The maximum Gasteiger partial charge on any atom is 0.410 e. The summed E-state index contributed by atoms with van der Waals surface area (Å²) in [5.41, 5.74) is -0.122. The molecule has 1 aliphatic rings. The maximum atomic E-state index is 12.3. The van der Waals surface area contributed by atoms with E-state index in [4.69, 9.17) is 4.74 Å². The second-order valence-corrected chi connectivity index (χ2v) is 6.95. The Morgan fingerprint density at radius 3 is 2.62 bits per heavy atom. The largest absolute Gasteiger partial charge is 0.444 e. The van der Waals surface area contributed by atoms with Crippen molar-refractivity contribution in [2.24, 2.45) is 0 Å². The summed E-state index contributed by atoms with van der Waals surface area (Å²) in [6.45, 7) is 6.13. The molecule has 2 atom stereocenters. The lowest BCUT2D eigenvalue weighted by molar-refractivity contribution is 0.0223. The highest BCUT2D eigenvalue weighted by Crippen LogP contribution is 2.16. The molecular formula is C17H25N3O4. The van der Waals surface area contributed by atoms with Crippen molar-refractivity contribution in [1.82, 2.24) is 15.2 Å². The number of nitrogens with zero attached hydrogens (tertiary/aromatic N) is 2. The summed E-state index contributed by atoms with van der Waals surface area (Å²) < 4.78 is 5.39. The summed E-state index contributed by atoms with van der Waals surface area (Å²) >= 11 is 0. The molecule has 1 aromatic heterocycles. The van der Waals surface area contributed by atoms with Gasteiger partial charge < -0.3 is 20.1 Å². The van der Waals surface area contributed by atoms with Gasteiger partial charge in [0.2, 0.25) is 0 Å². The zero-order valence-electron chi connectivity index (χ0n) is 14.4. The molecule has 0 radical (unpaired) electrons. The lowest BCUT2D eigenvalue weighted by Gasteiger charge is -2.29. The van der Waals surface area contributed by atoms with E-state index >= 15 is 0 Å². The van der Waals surface area contributed by atoms with Gasteiger partial charge in [0.25, 0.3) is 5.91 Å². The van der Waals surface area contributed by atoms with E-state index in [1.54, 1.807) is 37.8 Å². The van der Waals surface area contributed by atoms with Gasteiger partial charge in [-0.25, -0.2) is 4.79 Å². The Labute approximate surface area is 142 Å². The number of amides is 2. The number of carbonyl (C=O) groups is 2. The number of rotatable bonds is 2. The minimum absolute atomic E-state index is 0.215. The normalized spacial score (nSPS) is 21.8. The van der Waals surface area contributed by atoms with Gasteiger partial charge >= 0.3 is 6.09 Å². The Kier molecular flexibility index (Phi) is 5.77. The molecule has 2 amide bonds. The van der Waals surface area contributed by atoms with E-state index in [1.807, 2.05) is 0 Å². The molecule has 24 heavy (non-hydrogen) atoms. The van der Waals surface area contributed by atoms with Gasteiger partial charge in [0.1, 0.15) is 5.60 Å². The number of nitrogens with one attached hydrogen (secondary N) is 1. The van der Waals surface area contributed by atoms with Crippen LogP contribution in [0.15, 0.2) is 24.5 Å². The first kappa shape index (κ1) is 18.2. The first-order valence-electron chi connectivity index (χ1n) is 8.13. The van der Waals surface area contributed by atoms with Crippen LogP contribution in [0.5, 0.6) is 0 Å². The van der Waals surface area contributed by atoms with E-state index in [9.17, 15) is 14.7 Å². The zero-order chi connectivity index (χ0) is 17.7. The van der Waals surface area contributed by atoms with E-state index in [2.05, 4.69) is 10.3 Å². The van der Waals surface area contributed by atoms with Crippen LogP contribution in [0.2, 0.25) is 0 Å². The van der Waals surface area contributed by atoms with Crippen molar-refractivity contribution in [2.75, 3.05) is 13.1 Å². The Balaban J connectivity index is 2.04. The molecule has 0 unspecified atom stereocenters. The molecule has 2 heterocycles. The Morgan fingerprint density at radius 2 is 2.00 bits per heavy atom. The average molecular weight is 335 g/mol. The predicted molar refractivity (Wildman–Crippen MR) is 88.5 cm³/mol. The lowest BCUT2D eigenvalue weighted by atomic mass is 10.1. The number of ether oxygens (including phenoxy) is 1. The van der Waals surface area contributed by atoms with Crippen LogP contribution in [-0.2, 0) is 4.74 Å². The number of aliphatic hydroxyl groups is 1. The molecular weight excluding hydrogens is 310 g/mol. The highest BCUT2D eigenvalue weighted by Gasteiger charge is 2.31. The molecule has 1 saturated heterocycles. The summed E-state index contributed by atoms with van der Waals surface area (Å²) in [7, 11) is 0. The van der Waals surface area contributed by atoms with Gasteiger partial charge in [-0.1, -0.05) is 0 Å². The van der Waals surface area contributed by atoms with E-state index in [-0.39, 0.29) is 12.5 Å². The van der Waals surface area contributed by atoms with Crippen molar-refractivity contribution in [1.29, 1.82) is 0 Å². The summed E-state index contributed by atoms with van der Waals surface area (Å²) in [4.78, 5) is 30.0. The number of pyridine rings is 1. The molecule has 7 nitrogen and oxygen atoms in total. The fourth-order valence-electron chi connectivity index (χ4n) is 2.53. The van der Waals surface area contributed by atoms with Gasteiger partial charge in [-0.2, -0.15) is 0 Å². The van der Waals surface area contributed by atoms with Crippen molar-refractivity contribution in [2.45, 2.75) is 51.4 Å². The number of likely N-dealkylation sites (tertiary alicyclic amines) is 1. The van der Waals surface area contributed by atoms with E-state index in [0.29, 0.717) is 24.9 Å². The molecule has 1 aliphatic heterocycles. The van der Waals surface area contributed by atoms with Crippen LogP contribution in [0, 0.1) is 0 Å². The van der Waals surface area contributed by atoms with Crippen LogP contribution >= 0.6 is 0 Å². The number of hydrogen-bond donors (Lipinski definition) is 2. The molecule has 2 N–H and O–H groups in total. The summed E-state index contributed by atoms with van der Waals surface area (Å²) in [6, 6.07) is 2.66. The standard InChI is InChI=1S/C17H25N3O4/c1-17(2,3)24-16(23)20-10-4-5-14(21)13(11-20)19-15(22)12-6-8-18-9-7-12/h6-9,13-14,21H,4-5,10-11H2,1-3H3,(H,19,22)/t13-,14-/m1/s1. The van der Waals surface area contributed by atoms with Gasteiger partial charge in [-0.3, -0.25) is 9.78 Å². The van der Waals surface area contributed by atoms with Crippen LogP contribution in [0.25, 0.3) is 0 Å². The van der Waals surface area contributed by atoms with Crippen LogP contribution in [-0.4, -0.2) is 57.8 Å². The molecule has 0 aliphatic carbocycles. The quantitative estimate of drug-likeness (QED) is 0.856. The van der Waals surface area contributed by atoms with Gasteiger partial charge in [-0.05, 0) is 45.7 Å². The number of aromatic nitrogens is 1. The van der Waals surface area contributed by atoms with E-state index < -0.39 is 23.8 Å². The summed E-state index contributed by atoms with van der Waals surface area (Å²) in [6.07, 6.45) is 3.10. The third kappa shape index (κ3) is 5.19. The van der Waals surface area contributed by atoms with Crippen LogP contribution in [0.4, 0.5) is 4.79 Å². The first-order chi connectivity index (χ1) is 11.3. The molecule has 1 aromatic rings. The average Bonchev–Trinajstić information content (AvgIpc) is 2.69. The van der Waals surface area contributed by atoms with Crippen molar-refractivity contribution in [3.8, 4) is 0 Å². The fourth-order valence-corrected chi connectivity index (χ4v) is 2.53. The molecule has 132 valence electrons. The van der Waals surface area contributed by atoms with Crippen molar-refractivity contribution >= 4 is 12.0 Å². The van der Waals surface area contributed by atoms with E-state index in [1.165, 1.54) is 12.4 Å². The summed E-state index contributed by atoms with van der Waals surface area (Å²) in [5, 5.41) is 13.1. The molecule has 0 saturated carbocycles. The van der Waals surface area contributed by atoms with Gasteiger partial charge in [-0.15, -0.1) is 0 Å². The van der Waals surface area contributed by atoms with Gasteiger partial charge in [0.05, 0.1) is 12.1 Å². The Morgan fingerprint density at radius 1 is 1.33 bits per heavy atom. The molecule has 0 bridgehead atoms. The second kappa shape index (κ2) is 7.61. The topological polar surface area (TPSA) is 91.8 Å². The maximum absolute atomic E-state index is 12.3. The van der Waals surface area contributed by atoms with Crippen LogP contribution in [0.3, 0.4) is 0 Å². The molecule has 0 aromatic carbocycles. The number of carbonyl (C=O) groups excluding carboxylic acids is 2. The minimum Gasteiger partial charge on any atom is -0.444 e. The third-order valence-corrected chi connectivity index (χ3v) is 3.72. The van der Waals surface area contributed by atoms with Gasteiger partial charge in [0.15, 0.2) is 0 Å². The molecule has 7 heteroatoms. The zero-order valence-corrected chi connectivity index (χ0v) is 14.4. The monoisotopic (exact) mass is 335 g/mol. The van der Waals surface area contributed by atoms with Crippen LogP contribution < -0.4 is 5.32 Å². The summed E-state index contributed by atoms with van der Waals surface area (Å²) in [5.74, 6) is -0.299. The van der Waals surface area contributed by atoms with E-state index in [0.717, 1.165) is 0 Å². The SMILES string of the molecule is CC(C)(C)OC(=O)N1CCC[C@@H](O)[C@H](NC(=O)c2ccncc2)C1.